The molecule has 0 spiro atoms. The van der Waals surface area contributed by atoms with Gasteiger partial charge in [-0.1, -0.05) is 6.07 Å². The van der Waals surface area contributed by atoms with Crippen LogP contribution in [0.25, 0.3) is 0 Å². The predicted molar refractivity (Wildman–Crippen MR) is 67.9 cm³/mol. The van der Waals surface area contributed by atoms with Gasteiger partial charge in [-0.25, -0.2) is 0 Å². The third kappa shape index (κ3) is 2.59. The van der Waals surface area contributed by atoms with Crippen LogP contribution >= 0.6 is 22.6 Å². The highest BCUT2D eigenvalue weighted by molar-refractivity contribution is 14.1. The second kappa shape index (κ2) is 4.48. The standard InChI is InChI=1S/C11H9IN2O/c12-8-2-1-3-9(6-8)15-11-4-5-14-7-10(11)13/h1-7H,13H2. The summed E-state index contributed by atoms with van der Waals surface area (Å²) in [6.45, 7) is 0. The molecule has 2 N–H and O–H groups in total. The number of nitrogens with zero attached hydrogens (tertiary/aromatic N) is 1. The number of anilines is 1. The molecule has 76 valence electrons. The van der Waals surface area contributed by atoms with Crippen molar-refractivity contribution < 1.29 is 4.74 Å². The summed E-state index contributed by atoms with van der Waals surface area (Å²) in [6.07, 6.45) is 3.23. The Morgan fingerprint density at radius 3 is 2.87 bits per heavy atom. The monoisotopic (exact) mass is 312 g/mol. The van der Waals surface area contributed by atoms with Crippen molar-refractivity contribution in [1.82, 2.24) is 4.98 Å². The maximum absolute atomic E-state index is 5.72. The lowest BCUT2D eigenvalue weighted by molar-refractivity contribution is 0.484. The topological polar surface area (TPSA) is 48.1 Å². The number of hydrogen-bond acceptors (Lipinski definition) is 3. The summed E-state index contributed by atoms with van der Waals surface area (Å²) in [7, 11) is 0. The normalized spacial score (nSPS) is 9.93. The average Bonchev–Trinajstić information content (AvgIpc) is 2.22. The summed E-state index contributed by atoms with van der Waals surface area (Å²) >= 11 is 2.23. The number of hydrogen-bond donors (Lipinski definition) is 1. The predicted octanol–water partition coefficient (Wildman–Crippen LogP) is 3.06. The number of nitrogens with two attached hydrogens (primary N) is 1. The molecule has 0 aliphatic rings. The maximum atomic E-state index is 5.72. The van der Waals surface area contributed by atoms with Gasteiger partial charge in [-0.05, 0) is 40.8 Å². The van der Waals surface area contributed by atoms with Crippen molar-refractivity contribution in [1.29, 1.82) is 0 Å². The van der Waals surface area contributed by atoms with Gasteiger partial charge in [0.25, 0.3) is 0 Å². The van der Waals surface area contributed by atoms with E-state index in [1.807, 2.05) is 24.3 Å². The van der Waals surface area contributed by atoms with Crippen molar-refractivity contribution in [3.63, 3.8) is 0 Å². The minimum absolute atomic E-state index is 0.538. The van der Waals surface area contributed by atoms with Gasteiger partial charge in [0.2, 0.25) is 0 Å². The molecule has 0 radical (unpaired) electrons. The largest absolute Gasteiger partial charge is 0.455 e. The Labute approximate surface area is 101 Å². The highest BCUT2D eigenvalue weighted by Gasteiger charge is 2.01. The van der Waals surface area contributed by atoms with Crippen molar-refractivity contribution in [3.05, 3.63) is 46.3 Å². The molecule has 1 aromatic carbocycles. The molecule has 2 aromatic rings. The lowest BCUT2D eigenvalue weighted by atomic mass is 10.3. The Kier molecular flexibility index (Phi) is 3.05. The molecule has 0 saturated heterocycles. The third-order valence-electron chi connectivity index (χ3n) is 1.83. The van der Waals surface area contributed by atoms with Crippen LogP contribution in [-0.2, 0) is 0 Å². The van der Waals surface area contributed by atoms with Gasteiger partial charge in [-0.2, -0.15) is 0 Å². The minimum atomic E-state index is 0.538. The van der Waals surface area contributed by atoms with Crippen LogP contribution < -0.4 is 10.5 Å². The van der Waals surface area contributed by atoms with Crippen molar-refractivity contribution in [2.75, 3.05) is 5.73 Å². The Bertz CT molecular complexity index is 474. The van der Waals surface area contributed by atoms with Crippen LogP contribution in [0.15, 0.2) is 42.7 Å². The lowest BCUT2D eigenvalue weighted by Gasteiger charge is -2.07. The first-order chi connectivity index (χ1) is 7.25. The number of nitrogen functional groups attached to an aromatic ring is 1. The van der Waals surface area contributed by atoms with Crippen LogP contribution in [0.2, 0.25) is 0 Å². The first-order valence-electron chi connectivity index (χ1n) is 4.38. The third-order valence-corrected chi connectivity index (χ3v) is 2.50. The first kappa shape index (κ1) is 10.2. The van der Waals surface area contributed by atoms with Gasteiger partial charge >= 0.3 is 0 Å². The van der Waals surface area contributed by atoms with Crippen molar-refractivity contribution >= 4 is 28.3 Å². The number of halogens is 1. The number of pyridine rings is 1. The highest BCUT2D eigenvalue weighted by Crippen LogP contribution is 2.26. The molecule has 0 unspecified atom stereocenters. The summed E-state index contributed by atoms with van der Waals surface area (Å²) in [6, 6.07) is 9.52. The molecule has 1 aromatic heterocycles. The van der Waals surface area contributed by atoms with E-state index in [9.17, 15) is 0 Å². The molecule has 0 aliphatic carbocycles. The molecule has 15 heavy (non-hydrogen) atoms. The van der Waals surface area contributed by atoms with Gasteiger partial charge in [0.1, 0.15) is 5.75 Å². The summed E-state index contributed by atoms with van der Waals surface area (Å²) in [5.74, 6) is 1.41. The Morgan fingerprint density at radius 1 is 1.27 bits per heavy atom. The van der Waals surface area contributed by atoms with Crippen molar-refractivity contribution in [2.45, 2.75) is 0 Å². The molecule has 4 heteroatoms. The van der Waals surface area contributed by atoms with E-state index in [-0.39, 0.29) is 0 Å². The number of rotatable bonds is 2. The molecular weight excluding hydrogens is 303 g/mol. The van der Waals surface area contributed by atoms with E-state index in [1.54, 1.807) is 18.5 Å². The molecule has 2 rings (SSSR count). The van der Waals surface area contributed by atoms with Crippen molar-refractivity contribution in [3.8, 4) is 11.5 Å². The van der Waals surface area contributed by atoms with Crippen molar-refractivity contribution in [2.24, 2.45) is 0 Å². The fourth-order valence-corrected chi connectivity index (χ4v) is 1.66. The number of aromatic nitrogens is 1. The van der Waals surface area contributed by atoms with E-state index in [4.69, 9.17) is 10.5 Å². The van der Waals surface area contributed by atoms with Crippen LogP contribution in [0.3, 0.4) is 0 Å². The quantitative estimate of drug-likeness (QED) is 0.867. The van der Waals surface area contributed by atoms with Crippen LogP contribution in [-0.4, -0.2) is 4.98 Å². The fraction of sp³-hybridized carbons (Fsp3) is 0. The molecule has 0 bridgehead atoms. The summed E-state index contributed by atoms with van der Waals surface area (Å²) in [5, 5.41) is 0. The molecule has 0 saturated carbocycles. The van der Waals surface area contributed by atoms with Gasteiger partial charge in [-0.15, -0.1) is 0 Å². The maximum Gasteiger partial charge on any atom is 0.153 e. The van der Waals surface area contributed by atoms with Crippen LogP contribution in [0, 0.1) is 3.57 Å². The zero-order chi connectivity index (χ0) is 10.7. The number of ether oxygens (including phenoxy) is 1. The zero-order valence-corrected chi connectivity index (χ0v) is 10.0. The molecule has 0 aliphatic heterocycles. The average molecular weight is 312 g/mol. The Balaban J connectivity index is 2.26. The van der Waals surface area contributed by atoms with E-state index in [0.29, 0.717) is 11.4 Å². The van der Waals surface area contributed by atoms with Crippen LogP contribution in [0.1, 0.15) is 0 Å². The Hall–Kier alpha value is -1.30. The first-order valence-corrected chi connectivity index (χ1v) is 5.46. The lowest BCUT2D eigenvalue weighted by Crippen LogP contribution is -1.92. The highest BCUT2D eigenvalue weighted by atomic mass is 127. The SMILES string of the molecule is Nc1cnccc1Oc1cccc(I)c1. The minimum Gasteiger partial charge on any atom is -0.455 e. The fourth-order valence-electron chi connectivity index (χ4n) is 1.14. The van der Waals surface area contributed by atoms with E-state index in [0.717, 1.165) is 9.32 Å². The van der Waals surface area contributed by atoms with E-state index in [1.165, 1.54) is 0 Å². The van der Waals surface area contributed by atoms with Crippen LogP contribution in [0.4, 0.5) is 5.69 Å². The molecule has 0 atom stereocenters. The van der Waals surface area contributed by atoms with E-state index >= 15 is 0 Å². The van der Waals surface area contributed by atoms with Gasteiger partial charge < -0.3 is 10.5 Å². The van der Waals surface area contributed by atoms with Crippen LogP contribution in [0.5, 0.6) is 11.5 Å². The zero-order valence-electron chi connectivity index (χ0n) is 7.85. The molecule has 0 fully saturated rings. The van der Waals surface area contributed by atoms with Gasteiger partial charge in [0, 0.05) is 15.8 Å². The van der Waals surface area contributed by atoms with E-state index < -0.39 is 0 Å². The number of benzene rings is 1. The van der Waals surface area contributed by atoms with Gasteiger partial charge in [0.05, 0.1) is 11.9 Å². The second-order valence-corrected chi connectivity index (χ2v) is 4.22. The smallest absolute Gasteiger partial charge is 0.153 e. The van der Waals surface area contributed by atoms with Gasteiger partial charge in [0.15, 0.2) is 5.75 Å². The molecule has 1 heterocycles. The van der Waals surface area contributed by atoms with Gasteiger partial charge in [-0.3, -0.25) is 4.98 Å². The molecular formula is C11H9IN2O. The van der Waals surface area contributed by atoms with E-state index in [2.05, 4.69) is 27.6 Å². The molecule has 0 amide bonds. The second-order valence-electron chi connectivity index (χ2n) is 2.97. The summed E-state index contributed by atoms with van der Waals surface area (Å²) in [5.41, 5.74) is 6.26. The molecule has 3 nitrogen and oxygen atoms in total. The summed E-state index contributed by atoms with van der Waals surface area (Å²) in [4.78, 5) is 3.90. The summed E-state index contributed by atoms with van der Waals surface area (Å²) < 4.78 is 6.74. The Morgan fingerprint density at radius 2 is 2.13 bits per heavy atom.